The largest absolute Gasteiger partial charge is 0.477 e. The molecule has 4 rings (SSSR count). The standard InChI is InChI=1S/C21H20N6O3/c1-26(2)16-11-15(20(28)29)23-19-17(14-5-3-4-13(10-14)12-22)24-21(25-18(16)19)27-6-8-30-9-7-27/h3-5,10-11H,6-9H2,1-2H3,(H,28,29). The number of anilines is 2. The van der Waals surface area contributed by atoms with Gasteiger partial charge in [0.1, 0.15) is 16.7 Å². The Morgan fingerprint density at radius 3 is 2.60 bits per heavy atom. The number of nitrogens with zero attached hydrogens (tertiary/aromatic N) is 6. The van der Waals surface area contributed by atoms with Crippen LogP contribution in [0.1, 0.15) is 16.1 Å². The summed E-state index contributed by atoms with van der Waals surface area (Å²) in [4.78, 5) is 29.4. The van der Waals surface area contributed by atoms with Gasteiger partial charge in [-0.25, -0.2) is 19.7 Å². The Kier molecular flexibility index (Phi) is 5.16. The second-order valence-corrected chi connectivity index (χ2v) is 7.09. The van der Waals surface area contributed by atoms with Crippen molar-refractivity contribution in [1.29, 1.82) is 5.26 Å². The van der Waals surface area contributed by atoms with Gasteiger partial charge in [0.25, 0.3) is 0 Å². The summed E-state index contributed by atoms with van der Waals surface area (Å²) >= 11 is 0. The Labute approximate surface area is 173 Å². The van der Waals surface area contributed by atoms with Crippen LogP contribution in [-0.2, 0) is 4.74 Å². The van der Waals surface area contributed by atoms with Crippen LogP contribution < -0.4 is 9.80 Å². The Balaban J connectivity index is 2.05. The number of aromatic nitrogens is 3. The zero-order chi connectivity index (χ0) is 21.3. The molecule has 9 heteroatoms. The van der Waals surface area contributed by atoms with Crippen molar-refractivity contribution in [1.82, 2.24) is 15.0 Å². The minimum Gasteiger partial charge on any atom is -0.477 e. The molecule has 1 saturated heterocycles. The lowest BCUT2D eigenvalue weighted by Gasteiger charge is -2.28. The summed E-state index contributed by atoms with van der Waals surface area (Å²) in [5.74, 6) is -0.606. The molecule has 0 atom stereocenters. The second-order valence-electron chi connectivity index (χ2n) is 7.09. The number of carboxylic acid groups (broad SMARTS) is 1. The monoisotopic (exact) mass is 404 g/mol. The number of hydrogen-bond acceptors (Lipinski definition) is 8. The number of benzene rings is 1. The first-order chi connectivity index (χ1) is 14.5. The van der Waals surface area contributed by atoms with Crippen molar-refractivity contribution in [3.63, 3.8) is 0 Å². The van der Waals surface area contributed by atoms with Gasteiger partial charge in [-0.2, -0.15) is 5.26 Å². The van der Waals surface area contributed by atoms with Gasteiger partial charge in [-0.1, -0.05) is 12.1 Å². The van der Waals surface area contributed by atoms with Gasteiger partial charge in [-0.05, 0) is 18.2 Å². The van der Waals surface area contributed by atoms with Crippen LogP contribution in [0.2, 0.25) is 0 Å². The van der Waals surface area contributed by atoms with Gasteiger partial charge in [-0.3, -0.25) is 0 Å². The SMILES string of the molecule is CN(C)c1cc(C(=O)O)nc2c(-c3cccc(C#N)c3)nc(N3CCOCC3)nc12. The van der Waals surface area contributed by atoms with Crippen molar-refractivity contribution >= 4 is 28.6 Å². The molecule has 0 amide bonds. The lowest BCUT2D eigenvalue weighted by molar-refractivity contribution is 0.0691. The van der Waals surface area contributed by atoms with Crippen LogP contribution in [0.25, 0.3) is 22.3 Å². The van der Waals surface area contributed by atoms with Crippen LogP contribution in [0.4, 0.5) is 11.6 Å². The summed E-state index contributed by atoms with van der Waals surface area (Å²) in [7, 11) is 3.65. The van der Waals surface area contributed by atoms with E-state index in [4.69, 9.17) is 14.7 Å². The van der Waals surface area contributed by atoms with Crippen LogP contribution in [0.5, 0.6) is 0 Å². The molecule has 9 nitrogen and oxygen atoms in total. The summed E-state index contributed by atoms with van der Waals surface area (Å²) in [5.41, 5.74) is 3.12. The van der Waals surface area contributed by atoms with Crippen LogP contribution in [-0.4, -0.2) is 66.4 Å². The molecule has 0 bridgehead atoms. The molecule has 0 saturated carbocycles. The van der Waals surface area contributed by atoms with Crippen LogP contribution >= 0.6 is 0 Å². The Bertz CT molecular complexity index is 1170. The maximum absolute atomic E-state index is 11.7. The van der Waals surface area contributed by atoms with Gasteiger partial charge in [-0.15, -0.1) is 0 Å². The molecule has 0 radical (unpaired) electrons. The average Bonchev–Trinajstić information content (AvgIpc) is 2.78. The van der Waals surface area contributed by atoms with Crippen LogP contribution in [0.15, 0.2) is 30.3 Å². The number of hydrogen-bond donors (Lipinski definition) is 1. The molecule has 2 aromatic heterocycles. The molecule has 1 fully saturated rings. The number of ether oxygens (including phenoxy) is 1. The normalized spacial score (nSPS) is 13.8. The fourth-order valence-electron chi connectivity index (χ4n) is 3.37. The zero-order valence-electron chi connectivity index (χ0n) is 16.7. The molecular weight excluding hydrogens is 384 g/mol. The summed E-state index contributed by atoms with van der Waals surface area (Å²) in [6, 6.07) is 10.7. The van der Waals surface area contributed by atoms with Crippen molar-refractivity contribution < 1.29 is 14.6 Å². The Morgan fingerprint density at radius 2 is 1.93 bits per heavy atom. The average molecular weight is 404 g/mol. The van der Waals surface area contributed by atoms with Crippen LogP contribution in [0, 0.1) is 11.3 Å². The van der Waals surface area contributed by atoms with Crippen molar-refractivity contribution in [3.05, 3.63) is 41.6 Å². The number of fused-ring (bicyclic) bond motifs is 1. The van der Waals surface area contributed by atoms with Gasteiger partial charge in [0.2, 0.25) is 5.95 Å². The van der Waals surface area contributed by atoms with Crippen molar-refractivity contribution in [2.75, 3.05) is 50.2 Å². The predicted molar refractivity (Wildman–Crippen MR) is 112 cm³/mol. The zero-order valence-corrected chi connectivity index (χ0v) is 16.7. The van der Waals surface area contributed by atoms with E-state index in [1.807, 2.05) is 30.0 Å². The summed E-state index contributed by atoms with van der Waals surface area (Å²) < 4.78 is 5.44. The highest BCUT2D eigenvalue weighted by Crippen LogP contribution is 2.33. The van der Waals surface area contributed by atoms with Crippen molar-refractivity contribution in [2.24, 2.45) is 0 Å². The van der Waals surface area contributed by atoms with E-state index < -0.39 is 5.97 Å². The van der Waals surface area contributed by atoms with Gasteiger partial charge >= 0.3 is 5.97 Å². The third-order valence-electron chi connectivity index (χ3n) is 4.88. The van der Waals surface area contributed by atoms with E-state index in [0.29, 0.717) is 65.8 Å². The highest BCUT2D eigenvalue weighted by molar-refractivity contribution is 6.01. The van der Waals surface area contributed by atoms with E-state index in [9.17, 15) is 15.2 Å². The van der Waals surface area contributed by atoms with E-state index >= 15 is 0 Å². The fraction of sp³-hybridized carbons (Fsp3) is 0.286. The number of morpholine rings is 1. The minimum absolute atomic E-state index is 0.0911. The highest BCUT2D eigenvalue weighted by atomic mass is 16.5. The van der Waals surface area contributed by atoms with E-state index in [1.165, 1.54) is 6.07 Å². The quantitative estimate of drug-likeness (QED) is 0.698. The predicted octanol–water partition coefficient (Wildman–Crippen LogP) is 2.16. The Hall–Kier alpha value is -3.77. The fourth-order valence-corrected chi connectivity index (χ4v) is 3.37. The molecule has 1 aliphatic heterocycles. The van der Waals surface area contributed by atoms with Crippen molar-refractivity contribution in [2.45, 2.75) is 0 Å². The molecule has 1 aliphatic rings. The number of rotatable bonds is 4. The van der Waals surface area contributed by atoms with Crippen LogP contribution in [0.3, 0.4) is 0 Å². The van der Waals surface area contributed by atoms with E-state index in [0.717, 1.165) is 0 Å². The summed E-state index contributed by atoms with van der Waals surface area (Å²) in [6.07, 6.45) is 0. The molecule has 0 aliphatic carbocycles. The molecule has 3 aromatic rings. The number of carbonyl (C=O) groups is 1. The summed E-state index contributed by atoms with van der Waals surface area (Å²) in [6.45, 7) is 2.47. The lowest BCUT2D eigenvalue weighted by Crippen LogP contribution is -2.37. The molecular formula is C21H20N6O3. The highest BCUT2D eigenvalue weighted by Gasteiger charge is 2.22. The first-order valence-corrected chi connectivity index (χ1v) is 9.44. The van der Waals surface area contributed by atoms with Gasteiger partial charge in [0.05, 0.1) is 30.5 Å². The second kappa shape index (κ2) is 7.93. The molecule has 3 heterocycles. The van der Waals surface area contributed by atoms with E-state index in [-0.39, 0.29) is 5.69 Å². The topological polar surface area (TPSA) is 115 Å². The molecule has 152 valence electrons. The van der Waals surface area contributed by atoms with Crippen molar-refractivity contribution in [3.8, 4) is 17.3 Å². The van der Waals surface area contributed by atoms with Gasteiger partial charge in [0, 0.05) is 32.7 Å². The minimum atomic E-state index is -1.13. The lowest BCUT2D eigenvalue weighted by atomic mass is 10.1. The molecule has 0 spiro atoms. The van der Waals surface area contributed by atoms with E-state index in [2.05, 4.69) is 11.1 Å². The van der Waals surface area contributed by atoms with Gasteiger partial charge < -0.3 is 19.6 Å². The number of pyridine rings is 1. The number of aromatic carboxylic acids is 1. The number of nitriles is 1. The number of carboxylic acids is 1. The smallest absolute Gasteiger partial charge is 0.354 e. The first kappa shape index (κ1) is 19.5. The summed E-state index contributed by atoms with van der Waals surface area (Å²) in [5, 5.41) is 18.9. The molecule has 30 heavy (non-hydrogen) atoms. The third-order valence-corrected chi connectivity index (χ3v) is 4.88. The third kappa shape index (κ3) is 3.60. The first-order valence-electron chi connectivity index (χ1n) is 9.44. The Morgan fingerprint density at radius 1 is 1.17 bits per heavy atom. The van der Waals surface area contributed by atoms with E-state index in [1.54, 1.807) is 18.2 Å². The van der Waals surface area contributed by atoms with Gasteiger partial charge in [0.15, 0.2) is 5.69 Å². The molecule has 1 aromatic carbocycles. The molecule has 0 unspecified atom stereocenters. The molecule has 1 N–H and O–H groups in total. The maximum atomic E-state index is 11.7. The maximum Gasteiger partial charge on any atom is 0.354 e.